The Bertz CT molecular complexity index is 407. The van der Waals surface area contributed by atoms with E-state index in [2.05, 4.69) is 4.98 Å². The summed E-state index contributed by atoms with van der Waals surface area (Å²) in [7, 11) is -3.17. The van der Waals surface area contributed by atoms with E-state index in [1.165, 1.54) is 6.20 Å². The maximum absolute atomic E-state index is 12.1. The summed E-state index contributed by atoms with van der Waals surface area (Å²) >= 11 is 0. The topological polar surface area (TPSA) is 47.0 Å². The molecule has 0 saturated heterocycles. The van der Waals surface area contributed by atoms with E-state index >= 15 is 0 Å². The number of pyridine rings is 1. The van der Waals surface area contributed by atoms with Crippen molar-refractivity contribution in [2.75, 3.05) is 0 Å². The molecule has 2 rings (SSSR count). The predicted molar refractivity (Wildman–Crippen MR) is 58.3 cm³/mol. The summed E-state index contributed by atoms with van der Waals surface area (Å²) < 4.78 is 24.2. The van der Waals surface area contributed by atoms with Crippen molar-refractivity contribution < 1.29 is 8.42 Å². The minimum absolute atomic E-state index is 0.207. The molecule has 0 N–H and O–H groups in total. The lowest BCUT2D eigenvalue weighted by Crippen LogP contribution is -2.24. The van der Waals surface area contributed by atoms with Gasteiger partial charge in [0.05, 0.1) is 5.25 Å². The Morgan fingerprint density at radius 2 is 1.87 bits per heavy atom. The average Bonchev–Trinajstić information content (AvgIpc) is 2.31. The van der Waals surface area contributed by atoms with Crippen LogP contribution >= 0.6 is 0 Å². The first kappa shape index (κ1) is 10.6. The van der Waals surface area contributed by atoms with Gasteiger partial charge in [0.1, 0.15) is 0 Å². The third kappa shape index (κ3) is 2.20. The fourth-order valence-electron chi connectivity index (χ4n) is 2.06. The zero-order valence-electron chi connectivity index (χ0n) is 8.59. The Balaban J connectivity index is 2.26. The van der Waals surface area contributed by atoms with Crippen LogP contribution in [0.1, 0.15) is 32.1 Å². The number of nitrogens with zero attached hydrogens (tertiary/aromatic N) is 1. The predicted octanol–water partition coefficient (Wildman–Crippen LogP) is 2.19. The molecular weight excluding hydrogens is 210 g/mol. The van der Waals surface area contributed by atoms with Gasteiger partial charge < -0.3 is 0 Å². The lowest BCUT2D eigenvalue weighted by molar-refractivity contribution is 0.482. The van der Waals surface area contributed by atoms with Crippen LogP contribution in [0, 0.1) is 0 Å². The summed E-state index contributed by atoms with van der Waals surface area (Å²) in [6.07, 6.45) is 6.33. The highest BCUT2D eigenvalue weighted by Crippen LogP contribution is 2.27. The molecule has 3 nitrogen and oxygen atoms in total. The molecule has 0 unspecified atom stereocenters. The maximum atomic E-state index is 12.1. The molecule has 82 valence electrons. The Morgan fingerprint density at radius 3 is 2.47 bits per heavy atom. The van der Waals surface area contributed by atoms with Gasteiger partial charge in [-0.15, -0.1) is 0 Å². The van der Waals surface area contributed by atoms with Gasteiger partial charge in [-0.2, -0.15) is 0 Å². The van der Waals surface area contributed by atoms with Crippen LogP contribution in [0.15, 0.2) is 29.4 Å². The summed E-state index contributed by atoms with van der Waals surface area (Å²) in [5.41, 5.74) is 0. The first-order valence-electron chi connectivity index (χ1n) is 5.36. The number of hydrogen-bond donors (Lipinski definition) is 0. The number of hydrogen-bond acceptors (Lipinski definition) is 3. The quantitative estimate of drug-likeness (QED) is 0.775. The van der Waals surface area contributed by atoms with Crippen molar-refractivity contribution in [3.05, 3.63) is 24.4 Å². The second-order valence-corrected chi connectivity index (χ2v) is 6.15. The van der Waals surface area contributed by atoms with Crippen molar-refractivity contribution in [3.8, 4) is 0 Å². The Hall–Kier alpha value is -0.900. The van der Waals surface area contributed by atoms with Gasteiger partial charge in [-0.3, -0.25) is 0 Å². The van der Waals surface area contributed by atoms with Crippen LogP contribution < -0.4 is 0 Å². The molecule has 1 saturated carbocycles. The normalized spacial score (nSPS) is 18.9. The highest BCUT2D eigenvalue weighted by molar-refractivity contribution is 7.92. The number of sulfone groups is 1. The van der Waals surface area contributed by atoms with E-state index in [9.17, 15) is 8.42 Å². The van der Waals surface area contributed by atoms with E-state index in [-0.39, 0.29) is 10.3 Å². The molecule has 0 aromatic carbocycles. The zero-order valence-corrected chi connectivity index (χ0v) is 9.41. The minimum atomic E-state index is -3.17. The van der Waals surface area contributed by atoms with Crippen molar-refractivity contribution in [2.45, 2.75) is 42.4 Å². The molecule has 1 aromatic heterocycles. The Morgan fingerprint density at radius 1 is 1.13 bits per heavy atom. The summed E-state index contributed by atoms with van der Waals surface area (Å²) in [6, 6.07) is 5.05. The average molecular weight is 225 g/mol. The third-order valence-electron chi connectivity index (χ3n) is 2.92. The molecule has 15 heavy (non-hydrogen) atoms. The van der Waals surface area contributed by atoms with Crippen LogP contribution in [0.3, 0.4) is 0 Å². The zero-order chi connectivity index (χ0) is 10.7. The molecule has 0 bridgehead atoms. The molecule has 0 atom stereocenters. The molecule has 0 spiro atoms. The fourth-order valence-corrected chi connectivity index (χ4v) is 3.83. The summed E-state index contributed by atoms with van der Waals surface area (Å²) in [5, 5.41) is 0.0260. The van der Waals surface area contributed by atoms with E-state index in [1.54, 1.807) is 18.2 Å². The van der Waals surface area contributed by atoms with E-state index < -0.39 is 9.84 Å². The van der Waals surface area contributed by atoms with Gasteiger partial charge in [-0.05, 0) is 25.0 Å². The van der Waals surface area contributed by atoms with Crippen LogP contribution in [0.25, 0.3) is 0 Å². The second-order valence-electron chi connectivity index (χ2n) is 3.97. The van der Waals surface area contributed by atoms with Gasteiger partial charge in [-0.1, -0.05) is 25.3 Å². The summed E-state index contributed by atoms with van der Waals surface area (Å²) in [6.45, 7) is 0. The summed E-state index contributed by atoms with van der Waals surface area (Å²) in [5.74, 6) is 0. The molecule has 1 fully saturated rings. The monoisotopic (exact) mass is 225 g/mol. The largest absolute Gasteiger partial charge is 0.245 e. The van der Waals surface area contributed by atoms with E-state index in [0.717, 1.165) is 32.1 Å². The van der Waals surface area contributed by atoms with Gasteiger partial charge in [0.25, 0.3) is 0 Å². The smallest absolute Gasteiger partial charge is 0.198 e. The van der Waals surface area contributed by atoms with Crippen LogP contribution in [-0.4, -0.2) is 18.7 Å². The van der Waals surface area contributed by atoms with Crippen LogP contribution in [-0.2, 0) is 9.84 Å². The number of rotatable bonds is 2. The molecule has 1 aromatic rings. The van der Waals surface area contributed by atoms with E-state index in [1.807, 2.05) is 0 Å². The minimum Gasteiger partial charge on any atom is -0.245 e. The highest BCUT2D eigenvalue weighted by Gasteiger charge is 2.29. The standard InChI is InChI=1S/C11H15NO2S/c13-15(14,10-6-2-1-3-7-10)11-8-4-5-9-12-11/h4-5,8-10H,1-3,6-7H2. The van der Waals surface area contributed by atoms with Crippen LogP contribution in [0.2, 0.25) is 0 Å². The lowest BCUT2D eigenvalue weighted by atomic mass is 10.0. The van der Waals surface area contributed by atoms with Gasteiger partial charge in [-0.25, -0.2) is 13.4 Å². The van der Waals surface area contributed by atoms with Crippen molar-refractivity contribution in [1.82, 2.24) is 4.98 Å². The molecular formula is C11H15NO2S. The highest BCUT2D eigenvalue weighted by atomic mass is 32.2. The second kappa shape index (κ2) is 4.31. The molecule has 1 aliphatic carbocycles. The van der Waals surface area contributed by atoms with Crippen molar-refractivity contribution >= 4 is 9.84 Å². The van der Waals surface area contributed by atoms with Crippen molar-refractivity contribution in [1.29, 1.82) is 0 Å². The first-order chi connectivity index (χ1) is 7.21. The number of aromatic nitrogens is 1. The SMILES string of the molecule is O=S(=O)(c1ccccn1)C1CCCCC1. The van der Waals surface area contributed by atoms with Gasteiger partial charge in [0.15, 0.2) is 14.9 Å². The summed E-state index contributed by atoms with van der Waals surface area (Å²) in [4.78, 5) is 3.94. The molecule has 4 heteroatoms. The molecule has 0 aliphatic heterocycles. The van der Waals surface area contributed by atoms with Crippen LogP contribution in [0.4, 0.5) is 0 Å². The Labute approximate surface area is 90.5 Å². The lowest BCUT2D eigenvalue weighted by Gasteiger charge is -2.20. The van der Waals surface area contributed by atoms with E-state index in [0.29, 0.717) is 0 Å². The van der Waals surface area contributed by atoms with Crippen molar-refractivity contribution in [3.63, 3.8) is 0 Å². The molecule has 1 aliphatic rings. The molecule has 0 radical (unpaired) electrons. The van der Waals surface area contributed by atoms with E-state index in [4.69, 9.17) is 0 Å². The molecule has 0 amide bonds. The molecule has 1 heterocycles. The van der Waals surface area contributed by atoms with Gasteiger partial charge >= 0.3 is 0 Å². The Kier molecular flexibility index (Phi) is 3.05. The third-order valence-corrected chi connectivity index (χ3v) is 5.09. The fraction of sp³-hybridized carbons (Fsp3) is 0.545. The van der Waals surface area contributed by atoms with Gasteiger partial charge in [0, 0.05) is 6.20 Å². The van der Waals surface area contributed by atoms with Crippen LogP contribution in [0.5, 0.6) is 0 Å². The van der Waals surface area contributed by atoms with Gasteiger partial charge in [0.2, 0.25) is 0 Å². The van der Waals surface area contributed by atoms with Crippen molar-refractivity contribution in [2.24, 2.45) is 0 Å². The first-order valence-corrected chi connectivity index (χ1v) is 6.91. The maximum Gasteiger partial charge on any atom is 0.198 e.